The summed E-state index contributed by atoms with van der Waals surface area (Å²) < 4.78 is 5.42. The number of ether oxygens (including phenoxy) is 1. The fourth-order valence-corrected chi connectivity index (χ4v) is 3.86. The van der Waals surface area contributed by atoms with Gasteiger partial charge in [0.05, 0.1) is 0 Å². The second kappa shape index (κ2) is 8.40. The monoisotopic (exact) mass is 371 g/mol. The van der Waals surface area contributed by atoms with Crippen molar-refractivity contribution in [3.05, 3.63) is 29.8 Å². The van der Waals surface area contributed by atoms with E-state index >= 15 is 0 Å². The van der Waals surface area contributed by atoms with Gasteiger partial charge in [0.15, 0.2) is 0 Å². The molecule has 6 heteroatoms. The van der Waals surface area contributed by atoms with Gasteiger partial charge in [-0.05, 0) is 69.2 Å². The Balaban J connectivity index is 1.30. The van der Waals surface area contributed by atoms with Crippen molar-refractivity contribution in [2.75, 3.05) is 31.6 Å². The van der Waals surface area contributed by atoms with E-state index in [0.717, 1.165) is 51.2 Å². The molecule has 0 spiro atoms. The number of nitrogens with one attached hydrogen (secondary N) is 2. The molecule has 2 N–H and O–H groups in total. The molecule has 2 saturated heterocycles. The molecule has 2 aliphatic heterocycles. The SMILES string of the molecule is O=C(Nc1cccc(C(=O)N2CCC(NCC3CC3)CC2)c1)C1CCCO1. The summed E-state index contributed by atoms with van der Waals surface area (Å²) in [4.78, 5) is 27.0. The van der Waals surface area contributed by atoms with Crippen molar-refractivity contribution in [1.82, 2.24) is 10.2 Å². The Bertz CT molecular complexity index is 675. The second-order valence-corrected chi connectivity index (χ2v) is 7.99. The van der Waals surface area contributed by atoms with E-state index in [0.29, 0.717) is 23.9 Å². The van der Waals surface area contributed by atoms with Crippen LogP contribution in [0.15, 0.2) is 24.3 Å². The molecule has 1 aromatic carbocycles. The van der Waals surface area contributed by atoms with E-state index in [1.54, 1.807) is 6.07 Å². The van der Waals surface area contributed by atoms with Crippen LogP contribution in [0.25, 0.3) is 0 Å². The second-order valence-electron chi connectivity index (χ2n) is 7.99. The highest BCUT2D eigenvalue weighted by Gasteiger charge is 2.27. The molecule has 1 saturated carbocycles. The van der Waals surface area contributed by atoms with E-state index in [-0.39, 0.29) is 17.9 Å². The minimum Gasteiger partial charge on any atom is -0.368 e. The van der Waals surface area contributed by atoms with E-state index in [4.69, 9.17) is 4.74 Å². The molecular formula is C21H29N3O3. The van der Waals surface area contributed by atoms with Crippen LogP contribution in [0.3, 0.4) is 0 Å². The summed E-state index contributed by atoms with van der Waals surface area (Å²) in [5.41, 5.74) is 1.28. The van der Waals surface area contributed by atoms with Crippen LogP contribution in [0.5, 0.6) is 0 Å². The van der Waals surface area contributed by atoms with Crippen LogP contribution < -0.4 is 10.6 Å². The van der Waals surface area contributed by atoms with Gasteiger partial charge in [0.1, 0.15) is 6.10 Å². The molecule has 27 heavy (non-hydrogen) atoms. The maximum Gasteiger partial charge on any atom is 0.253 e. The smallest absolute Gasteiger partial charge is 0.253 e. The predicted molar refractivity (Wildman–Crippen MR) is 104 cm³/mol. The van der Waals surface area contributed by atoms with Gasteiger partial charge in [0, 0.05) is 37.0 Å². The van der Waals surface area contributed by atoms with Crippen LogP contribution in [0.2, 0.25) is 0 Å². The summed E-state index contributed by atoms with van der Waals surface area (Å²) in [6.07, 6.45) is 6.05. The molecule has 0 bridgehead atoms. The highest BCUT2D eigenvalue weighted by molar-refractivity contribution is 5.98. The van der Waals surface area contributed by atoms with Crippen molar-refractivity contribution in [3.8, 4) is 0 Å². The lowest BCUT2D eigenvalue weighted by Gasteiger charge is -2.32. The van der Waals surface area contributed by atoms with Gasteiger partial charge < -0.3 is 20.3 Å². The highest BCUT2D eigenvalue weighted by atomic mass is 16.5. The largest absolute Gasteiger partial charge is 0.368 e. The van der Waals surface area contributed by atoms with Crippen molar-refractivity contribution < 1.29 is 14.3 Å². The molecule has 4 rings (SSSR count). The Morgan fingerprint density at radius 2 is 1.93 bits per heavy atom. The topological polar surface area (TPSA) is 70.7 Å². The number of hydrogen-bond donors (Lipinski definition) is 2. The summed E-state index contributed by atoms with van der Waals surface area (Å²) in [5.74, 6) is 0.806. The van der Waals surface area contributed by atoms with E-state index < -0.39 is 0 Å². The molecule has 3 fully saturated rings. The van der Waals surface area contributed by atoms with Gasteiger partial charge >= 0.3 is 0 Å². The number of piperidine rings is 1. The predicted octanol–water partition coefficient (Wildman–Crippen LogP) is 2.41. The minimum absolute atomic E-state index is 0.0452. The molecule has 2 amide bonds. The van der Waals surface area contributed by atoms with Crippen LogP contribution in [0.1, 0.15) is 48.9 Å². The number of benzene rings is 1. The summed E-state index contributed by atoms with van der Waals surface area (Å²) in [6.45, 7) is 3.34. The fraction of sp³-hybridized carbons (Fsp3) is 0.619. The van der Waals surface area contributed by atoms with Gasteiger partial charge in [-0.3, -0.25) is 9.59 Å². The molecule has 1 aromatic rings. The summed E-state index contributed by atoms with van der Waals surface area (Å²) in [6, 6.07) is 7.76. The van der Waals surface area contributed by atoms with Crippen molar-refractivity contribution in [1.29, 1.82) is 0 Å². The number of amides is 2. The average Bonchev–Trinajstić information content (AvgIpc) is 3.36. The Kier molecular flexibility index (Phi) is 5.74. The average molecular weight is 371 g/mol. The quantitative estimate of drug-likeness (QED) is 0.806. The number of anilines is 1. The Morgan fingerprint density at radius 1 is 1.11 bits per heavy atom. The number of hydrogen-bond acceptors (Lipinski definition) is 4. The first kappa shape index (κ1) is 18.4. The zero-order chi connectivity index (χ0) is 18.6. The van der Waals surface area contributed by atoms with Crippen LogP contribution in [0, 0.1) is 5.92 Å². The van der Waals surface area contributed by atoms with Crippen LogP contribution in [-0.4, -0.2) is 55.1 Å². The van der Waals surface area contributed by atoms with Crippen LogP contribution in [-0.2, 0) is 9.53 Å². The third-order valence-corrected chi connectivity index (χ3v) is 5.77. The number of rotatable bonds is 6. The summed E-state index contributed by atoms with van der Waals surface area (Å²) in [7, 11) is 0. The lowest BCUT2D eigenvalue weighted by molar-refractivity contribution is -0.124. The van der Waals surface area contributed by atoms with Crippen LogP contribution in [0.4, 0.5) is 5.69 Å². The summed E-state index contributed by atoms with van der Waals surface area (Å²) >= 11 is 0. The van der Waals surface area contributed by atoms with Gasteiger partial charge in [-0.2, -0.15) is 0 Å². The molecule has 1 aliphatic carbocycles. The van der Waals surface area contributed by atoms with Gasteiger partial charge in [-0.25, -0.2) is 0 Å². The summed E-state index contributed by atoms with van der Waals surface area (Å²) in [5, 5.41) is 6.52. The fourth-order valence-electron chi connectivity index (χ4n) is 3.86. The van der Waals surface area contributed by atoms with Gasteiger partial charge in [-0.15, -0.1) is 0 Å². The van der Waals surface area contributed by atoms with E-state index in [2.05, 4.69) is 10.6 Å². The van der Waals surface area contributed by atoms with Gasteiger partial charge in [-0.1, -0.05) is 6.07 Å². The minimum atomic E-state index is -0.369. The van der Waals surface area contributed by atoms with Crippen molar-refractivity contribution in [2.45, 2.75) is 50.7 Å². The van der Waals surface area contributed by atoms with Crippen molar-refractivity contribution in [3.63, 3.8) is 0 Å². The Morgan fingerprint density at radius 3 is 2.63 bits per heavy atom. The highest BCUT2D eigenvalue weighted by Crippen LogP contribution is 2.28. The third-order valence-electron chi connectivity index (χ3n) is 5.77. The zero-order valence-corrected chi connectivity index (χ0v) is 15.8. The Labute approximate surface area is 160 Å². The molecule has 146 valence electrons. The lowest BCUT2D eigenvalue weighted by atomic mass is 10.0. The standard InChI is InChI=1S/C21H29N3O3/c25-20(19-5-2-12-27-19)23-18-4-1-3-16(13-18)21(26)24-10-8-17(9-11-24)22-14-15-6-7-15/h1,3-4,13,15,17,19,22H,2,5-12,14H2,(H,23,25). The Hall–Kier alpha value is -1.92. The van der Waals surface area contributed by atoms with Gasteiger partial charge in [0.2, 0.25) is 0 Å². The zero-order valence-electron chi connectivity index (χ0n) is 15.8. The molecule has 1 atom stereocenters. The first-order valence-corrected chi connectivity index (χ1v) is 10.2. The van der Waals surface area contributed by atoms with Crippen molar-refractivity contribution >= 4 is 17.5 Å². The van der Waals surface area contributed by atoms with Crippen LogP contribution >= 0.6 is 0 Å². The molecular weight excluding hydrogens is 342 g/mol. The molecule has 2 heterocycles. The number of carbonyl (C=O) groups is 2. The van der Waals surface area contributed by atoms with E-state index in [1.807, 2.05) is 23.1 Å². The molecule has 6 nitrogen and oxygen atoms in total. The number of carbonyl (C=O) groups excluding carboxylic acids is 2. The van der Waals surface area contributed by atoms with Crippen molar-refractivity contribution in [2.24, 2.45) is 5.92 Å². The maximum absolute atomic E-state index is 12.8. The van der Waals surface area contributed by atoms with E-state index in [1.165, 1.54) is 12.8 Å². The molecule has 3 aliphatic rings. The normalized spacial score (nSPS) is 23.4. The number of nitrogens with zero attached hydrogens (tertiary/aromatic N) is 1. The molecule has 0 aromatic heterocycles. The van der Waals surface area contributed by atoms with Gasteiger partial charge in [0.25, 0.3) is 11.8 Å². The lowest BCUT2D eigenvalue weighted by Crippen LogP contribution is -2.45. The third kappa shape index (κ3) is 4.87. The molecule has 0 radical (unpaired) electrons. The first-order valence-electron chi connectivity index (χ1n) is 10.2. The molecule has 1 unspecified atom stereocenters. The first-order chi connectivity index (χ1) is 13.2. The van der Waals surface area contributed by atoms with E-state index in [9.17, 15) is 9.59 Å². The maximum atomic E-state index is 12.8. The number of likely N-dealkylation sites (tertiary alicyclic amines) is 1.